The monoisotopic (exact) mass is 352 g/mol. The highest BCUT2D eigenvalue weighted by Crippen LogP contribution is 2.14. The maximum atomic E-state index is 12.4. The lowest BCUT2D eigenvalue weighted by Gasteiger charge is -2.38. The minimum Gasteiger partial charge on any atom is -0.338 e. The molecule has 0 saturated carbocycles. The molecule has 2 amide bonds. The molecular formula is C19H24N6O. The third-order valence-electron chi connectivity index (χ3n) is 4.58. The van der Waals surface area contributed by atoms with Crippen LogP contribution in [0.4, 0.5) is 4.79 Å². The smallest absolute Gasteiger partial charge is 0.317 e. The molecule has 0 aliphatic carbocycles. The van der Waals surface area contributed by atoms with Crippen LogP contribution in [-0.2, 0) is 13.1 Å². The first kappa shape index (κ1) is 18.0. The summed E-state index contributed by atoms with van der Waals surface area (Å²) in [4.78, 5) is 20.2. The van der Waals surface area contributed by atoms with Crippen LogP contribution >= 0.6 is 0 Å². The van der Waals surface area contributed by atoms with Crippen molar-refractivity contribution in [2.75, 3.05) is 26.2 Å². The molecule has 1 saturated heterocycles. The van der Waals surface area contributed by atoms with Crippen molar-refractivity contribution in [2.24, 2.45) is 0 Å². The van der Waals surface area contributed by atoms with Gasteiger partial charge in [-0.3, -0.25) is 4.90 Å². The highest BCUT2D eigenvalue weighted by molar-refractivity contribution is 5.74. The largest absolute Gasteiger partial charge is 0.338 e. The Morgan fingerprint density at radius 2 is 2.15 bits per heavy atom. The summed E-state index contributed by atoms with van der Waals surface area (Å²) in [6.45, 7) is 3.95. The summed E-state index contributed by atoms with van der Waals surface area (Å²) in [5.41, 5.74) is 1.19. The van der Waals surface area contributed by atoms with Crippen LogP contribution in [0.25, 0.3) is 0 Å². The van der Waals surface area contributed by atoms with Gasteiger partial charge in [-0.2, -0.15) is 5.26 Å². The number of urea groups is 1. The Kier molecular flexibility index (Phi) is 6.23. The number of amides is 2. The average Bonchev–Trinajstić information content (AvgIpc) is 3.19. The summed E-state index contributed by atoms with van der Waals surface area (Å²) in [6.07, 6.45) is 6.27. The fraction of sp³-hybridized carbons (Fsp3) is 0.421. The molecule has 0 spiro atoms. The van der Waals surface area contributed by atoms with Gasteiger partial charge in [0.05, 0.1) is 18.9 Å². The number of hydrogen-bond donors (Lipinski definition) is 1. The molecule has 3 rings (SSSR count). The minimum absolute atomic E-state index is 0.0877. The second-order valence-corrected chi connectivity index (χ2v) is 6.43. The van der Waals surface area contributed by atoms with Gasteiger partial charge in [0.25, 0.3) is 0 Å². The lowest BCUT2D eigenvalue weighted by molar-refractivity contribution is 0.108. The van der Waals surface area contributed by atoms with E-state index >= 15 is 0 Å². The van der Waals surface area contributed by atoms with Crippen LogP contribution in [0.15, 0.2) is 49.1 Å². The molecule has 136 valence electrons. The Labute approximate surface area is 153 Å². The van der Waals surface area contributed by atoms with E-state index < -0.39 is 0 Å². The van der Waals surface area contributed by atoms with Crippen LogP contribution in [0.3, 0.4) is 0 Å². The molecule has 7 heteroatoms. The quantitative estimate of drug-likeness (QED) is 0.803. The van der Waals surface area contributed by atoms with Gasteiger partial charge in [-0.05, 0) is 12.0 Å². The van der Waals surface area contributed by atoms with Crippen molar-refractivity contribution in [3.63, 3.8) is 0 Å². The molecule has 1 aromatic heterocycles. The number of carbonyl (C=O) groups is 1. The number of nitrogens with one attached hydrogen (secondary N) is 1. The van der Waals surface area contributed by atoms with E-state index in [4.69, 9.17) is 0 Å². The van der Waals surface area contributed by atoms with Crippen LogP contribution < -0.4 is 5.32 Å². The van der Waals surface area contributed by atoms with Gasteiger partial charge >= 0.3 is 6.03 Å². The van der Waals surface area contributed by atoms with Crippen LogP contribution in [-0.4, -0.2) is 57.6 Å². The van der Waals surface area contributed by atoms with Gasteiger partial charge in [0, 0.05) is 45.1 Å². The number of piperazine rings is 1. The Hall–Kier alpha value is -2.85. The number of nitrogens with zero attached hydrogens (tertiary/aromatic N) is 5. The van der Waals surface area contributed by atoms with Crippen molar-refractivity contribution in [3.05, 3.63) is 54.6 Å². The molecule has 1 N–H and O–H groups in total. The fourth-order valence-electron chi connectivity index (χ4n) is 3.12. The number of imidazole rings is 1. The van der Waals surface area contributed by atoms with Crippen LogP contribution in [0.1, 0.15) is 12.0 Å². The van der Waals surface area contributed by atoms with Gasteiger partial charge in [-0.25, -0.2) is 9.78 Å². The molecule has 1 aliphatic rings. The Morgan fingerprint density at radius 1 is 1.31 bits per heavy atom. The van der Waals surface area contributed by atoms with Gasteiger partial charge < -0.3 is 14.8 Å². The van der Waals surface area contributed by atoms with E-state index in [9.17, 15) is 10.1 Å². The number of aryl methyl sites for hydroxylation is 1. The molecule has 1 fully saturated rings. The lowest BCUT2D eigenvalue weighted by Crippen LogP contribution is -2.56. The second kappa shape index (κ2) is 9.02. The highest BCUT2D eigenvalue weighted by Gasteiger charge is 2.29. The van der Waals surface area contributed by atoms with E-state index in [1.165, 1.54) is 5.56 Å². The van der Waals surface area contributed by atoms with Gasteiger partial charge in [-0.15, -0.1) is 0 Å². The van der Waals surface area contributed by atoms with Crippen LogP contribution in [0, 0.1) is 11.3 Å². The van der Waals surface area contributed by atoms with Gasteiger partial charge in [0.1, 0.15) is 6.04 Å². The molecule has 0 bridgehead atoms. The van der Waals surface area contributed by atoms with E-state index in [-0.39, 0.29) is 12.1 Å². The van der Waals surface area contributed by atoms with E-state index in [1.54, 1.807) is 17.4 Å². The maximum absolute atomic E-state index is 12.4. The zero-order valence-electron chi connectivity index (χ0n) is 14.8. The van der Waals surface area contributed by atoms with Gasteiger partial charge in [-0.1, -0.05) is 30.3 Å². The zero-order valence-corrected chi connectivity index (χ0v) is 14.8. The maximum Gasteiger partial charge on any atom is 0.317 e. The van der Waals surface area contributed by atoms with Gasteiger partial charge in [0.15, 0.2) is 0 Å². The van der Waals surface area contributed by atoms with Crippen molar-refractivity contribution < 1.29 is 4.79 Å². The van der Waals surface area contributed by atoms with Crippen molar-refractivity contribution in [2.45, 2.75) is 25.6 Å². The average molecular weight is 352 g/mol. The third kappa shape index (κ3) is 4.83. The topological polar surface area (TPSA) is 77.2 Å². The molecular weight excluding hydrogens is 328 g/mol. The number of benzene rings is 1. The molecule has 2 aromatic rings. The van der Waals surface area contributed by atoms with E-state index in [1.807, 2.05) is 29.0 Å². The Morgan fingerprint density at radius 3 is 2.88 bits per heavy atom. The highest BCUT2D eigenvalue weighted by atomic mass is 16.2. The minimum atomic E-state index is -0.277. The van der Waals surface area contributed by atoms with Crippen molar-refractivity contribution in [1.29, 1.82) is 5.26 Å². The Balaban J connectivity index is 1.43. The van der Waals surface area contributed by atoms with E-state index in [2.05, 4.69) is 33.4 Å². The molecule has 1 unspecified atom stereocenters. The summed E-state index contributed by atoms with van der Waals surface area (Å²) in [7, 11) is 0. The first-order valence-corrected chi connectivity index (χ1v) is 8.92. The number of hydrogen-bond acceptors (Lipinski definition) is 4. The number of aromatic nitrogens is 2. The molecule has 26 heavy (non-hydrogen) atoms. The van der Waals surface area contributed by atoms with Crippen LogP contribution in [0.5, 0.6) is 0 Å². The number of rotatable bonds is 6. The van der Waals surface area contributed by atoms with E-state index in [0.29, 0.717) is 26.2 Å². The standard InChI is InChI=1S/C19H24N6O/c20-13-18-15-25(12-11-24(18)14-17-5-2-1-3-6-17)19(26)22-7-4-9-23-10-8-21-16-23/h1-3,5-6,8,10,16,18H,4,7,9,11-12,14-15H2,(H,22,26). The third-order valence-corrected chi connectivity index (χ3v) is 4.58. The summed E-state index contributed by atoms with van der Waals surface area (Å²) in [5, 5.41) is 12.4. The molecule has 7 nitrogen and oxygen atoms in total. The molecule has 2 heterocycles. The first-order chi connectivity index (χ1) is 12.8. The zero-order chi connectivity index (χ0) is 18.2. The predicted octanol–water partition coefficient (Wildman–Crippen LogP) is 1.69. The predicted molar refractivity (Wildman–Crippen MR) is 98.1 cm³/mol. The molecule has 1 atom stereocenters. The lowest BCUT2D eigenvalue weighted by atomic mass is 10.1. The fourth-order valence-corrected chi connectivity index (χ4v) is 3.12. The summed E-state index contributed by atoms with van der Waals surface area (Å²) in [5.74, 6) is 0. The normalized spacial score (nSPS) is 17.7. The summed E-state index contributed by atoms with van der Waals surface area (Å²) < 4.78 is 1.99. The Bertz CT molecular complexity index is 724. The molecule has 1 aliphatic heterocycles. The van der Waals surface area contributed by atoms with Crippen molar-refractivity contribution >= 4 is 6.03 Å². The molecule has 1 aromatic carbocycles. The molecule has 0 radical (unpaired) electrons. The SMILES string of the molecule is N#CC1CN(C(=O)NCCCn2ccnc2)CCN1Cc1ccccc1. The number of nitriles is 1. The summed E-state index contributed by atoms with van der Waals surface area (Å²) in [6, 6.07) is 12.1. The first-order valence-electron chi connectivity index (χ1n) is 8.92. The number of carbonyl (C=O) groups excluding carboxylic acids is 1. The second-order valence-electron chi connectivity index (χ2n) is 6.43. The van der Waals surface area contributed by atoms with E-state index in [0.717, 1.165) is 19.5 Å². The van der Waals surface area contributed by atoms with Crippen molar-refractivity contribution in [1.82, 2.24) is 24.7 Å². The van der Waals surface area contributed by atoms with Crippen molar-refractivity contribution in [3.8, 4) is 6.07 Å². The van der Waals surface area contributed by atoms with Crippen LogP contribution in [0.2, 0.25) is 0 Å². The van der Waals surface area contributed by atoms with Gasteiger partial charge in [0.2, 0.25) is 0 Å². The summed E-state index contributed by atoms with van der Waals surface area (Å²) >= 11 is 0.